The molecule has 14 heavy (non-hydrogen) atoms. The number of Topliss-reactive ketones (excluding diaryl/α,β-unsaturated/α-hetero) is 1. The highest BCUT2D eigenvalue weighted by Crippen LogP contribution is 2.00. The predicted molar refractivity (Wildman–Crippen MR) is 43.7 cm³/mol. The van der Waals surface area contributed by atoms with Gasteiger partial charge in [-0.15, -0.1) is 0 Å². The minimum absolute atomic E-state index is 0.118. The Kier molecular flexibility index (Phi) is 4.83. The molecule has 0 saturated carbocycles. The number of rotatable bonds is 6. The molecule has 0 saturated heterocycles. The third kappa shape index (κ3) is 4.81. The summed E-state index contributed by atoms with van der Waals surface area (Å²) in [6.45, 7) is 0. The maximum Gasteiger partial charge on any atom is 0.372 e. The van der Waals surface area contributed by atoms with E-state index >= 15 is 0 Å². The molecule has 76 valence electrons. The topological polar surface area (TPSA) is 109 Å². The standard InChI is InChI=1S/C8H8O6/c9-4-5(3-7(11)12)1-2-6(10)8(13)14/h1,4H,2-3H2,(H,11,12)(H,13,14). The summed E-state index contributed by atoms with van der Waals surface area (Å²) in [5, 5.41) is 16.5. The predicted octanol–water partition coefficient (Wildman–Crippen LogP) is -0.370. The lowest BCUT2D eigenvalue weighted by Gasteiger charge is -1.93. The number of allylic oxidation sites excluding steroid dienone is 1. The quantitative estimate of drug-likeness (QED) is 0.344. The van der Waals surface area contributed by atoms with Crippen LogP contribution in [0.4, 0.5) is 0 Å². The first-order chi connectivity index (χ1) is 6.47. The van der Waals surface area contributed by atoms with Crippen molar-refractivity contribution in [1.29, 1.82) is 0 Å². The molecule has 0 atom stereocenters. The molecular formula is C8H8O6. The Morgan fingerprint density at radius 3 is 2.07 bits per heavy atom. The van der Waals surface area contributed by atoms with Gasteiger partial charge < -0.3 is 10.2 Å². The Hall–Kier alpha value is -1.98. The van der Waals surface area contributed by atoms with Gasteiger partial charge >= 0.3 is 11.9 Å². The molecule has 0 unspecified atom stereocenters. The van der Waals surface area contributed by atoms with Crippen LogP contribution in [-0.4, -0.2) is 34.2 Å². The molecule has 0 fully saturated rings. The van der Waals surface area contributed by atoms with Gasteiger partial charge in [-0.05, 0) is 5.57 Å². The van der Waals surface area contributed by atoms with E-state index in [1.54, 1.807) is 0 Å². The number of hydrogen-bond acceptors (Lipinski definition) is 4. The third-order valence-corrected chi connectivity index (χ3v) is 1.29. The van der Waals surface area contributed by atoms with Crippen LogP contribution in [0, 0.1) is 0 Å². The Bertz CT molecular complexity index is 301. The molecule has 0 aromatic carbocycles. The number of carbonyl (C=O) groups excluding carboxylic acids is 2. The monoisotopic (exact) mass is 200 g/mol. The van der Waals surface area contributed by atoms with E-state index in [-0.39, 0.29) is 11.9 Å². The average Bonchev–Trinajstić information content (AvgIpc) is 2.10. The molecule has 0 aliphatic heterocycles. The van der Waals surface area contributed by atoms with Crippen LogP contribution in [0.2, 0.25) is 0 Å². The minimum atomic E-state index is -1.61. The molecular weight excluding hydrogens is 192 g/mol. The largest absolute Gasteiger partial charge is 0.481 e. The zero-order chi connectivity index (χ0) is 11.1. The molecule has 0 bridgehead atoms. The van der Waals surface area contributed by atoms with Crippen molar-refractivity contribution in [3.63, 3.8) is 0 Å². The summed E-state index contributed by atoms with van der Waals surface area (Å²) in [5.74, 6) is -3.91. The van der Waals surface area contributed by atoms with E-state index in [0.717, 1.165) is 6.08 Å². The fraction of sp³-hybridized carbons (Fsp3) is 0.250. The van der Waals surface area contributed by atoms with Crippen LogP contribution in [0.15, 0.2) is 11.6 Å². The van der Waals surface area contributed by atoms with Gasteiger partial charge in [0.2, 0.25) is 5.78 Å². The van der Waals surface area contributed by atoms with Crippen molar-refractivity contribution >= 4 is 24.0 Å². The minimum Gasteiger partial charge on any atom is -0.481 e. The maximum absolute atomic E-state index is 10.5. The second-order valence-electron chi connectivity index (χ2n) is 2.40. The van der Waals surface area contributed by atoms with E-state index in [1.165, 1.54) is 0 Å². The van der Waals surface area contributed by atoms with Crippen LogP contribution in [0.25, 0.3) is 0 Å². The summed E-state index contributed by atoms with van der Waals surface area (Å²) >= 11 is 0. The fourth-order valence-corrected chi connectivity index (χ4v) is 0.648. The van der Waals surface area contributed by atoms with Crippen LogP contribution < -0.4 is 0 Å². The number of aliphatic carboxylic acids is 2. The van der Waals surface area contributed by atoms with E-state index in [4.69, 9.17) is 10.2 Å². The molecule has 0 aromatic heterocycles. The molecule has 2 N–H and O–H groups in total. The van der Waals surface area contributed by atoms with Crippen molar-refractivity contribution in [2.75, 3.05) is 0 Å². The summed E-state index contributed by atoms with van der Waals surface area (Å²) in [6.07, 6.45) is 0.286. The number of hydrogen-bond donors (Lipinski definition) is 2. The van der Waals surface area contributed by atoms with Crippen molar-refractivity contribution < 1.29 is 29.4 Å². The van der Waals surface area contributed by atoms with Gasteiger partial charge in [0.25, 0.3) is 0 Å². The maximum atomic E-state index is 10.5. The molecule has 0 aromatic rings. The van der Waals surface area contributed by atoms with E-state index < -0.39 is 30.6 Å². The second-order valence-corrected chi connectivity index (χ2v) is 2.40. The van der Waals surface area contributed by atoms with Gasteiger partial charge in [0.1, 0.15) is 6.29 Å². The molecule has 0 heterocycles. The Morgan fingerprint density at radius 1 is 1.14 bits per heavy atom. The first kappa shape index (κ1) is 12.0. The van der Waals surface area contributed by atoms with Gasteiger partial charge in [0.05, 0.1) is 6.42 Å². The van der Waals surface area contributed by atoms with E-state index in [1.807, 2.05) is 0 Å². The van der Waals surface area contributed by atoms with E-state index in [2.05, 4.69) is 0 Å². The van der Waals surface area contributed by atoms with E-state index in [9.17, 15) is 19.2 Å². The number of carboxylic acids is 2. The lowest BCUT2D eigenvalue weighted by molar-refractivity contribution is -0.148. The van der Waals surface area contributed by atoms with Crippen molar-refractivity contribution in [2.45, 2.75) is 12.8 Å². The van der Waals surface area contributed by atoms with E-state index in [0.29, 0.717) is 0 Å². The van der Waals surface area contributed by atoms with Crippen LogP contribution >= 0.6 is 0 Å². The highest BCUT2D eigenvalue weighted by atomic mass is 16.4. The molecule has 6 heteroatoms. The van der Waals surface area contributed by atoms with Crippen LogP contribution in [0.1, 0.15) is 12.8 Å². The Morgan fingerprint density at radius 2 is 1.71 bits per heavy atom. The average molecular weight is 200 g/mol. The van der Waals surface area contributed by atoms with Crippen molar-refractivity contribution in [3.05, 3.63) is 11.6 Å². The lowest BCUT2D eigenvalue weighted by atomic mass is 10.1. The Labute approximate surface area is 78.8 Å². The molecule has 0 aliphatic carbocycles. The summed E-state index contributed by atoms with van der Waals surface area (Å²) in [5.41, 5.74) is -0.118. The van der Waals surface area contributed by atoms with Gasteiger partial charge in [-0.3, -0.25) is 14.4 Å². The van der Waals surface area contributed by atoms with Crippen LogP contribution in [0.3, 0.4) is 0 Å². The lowest BCUT2D eigenvalue weighted by Crippen LogP contribution is -2.11. The molecule has 0 amide bonds. The summed E-state index contributed by atoms with van der Waals surface area (Å²) in [4.78, 5) is 41.0. The van der Waals surface area contributed by atoms with Gasteiger partial charge in [0.15, 0.2) is 0 Å². The third-order valence-electron chi connectivity index (χ3n) is 1.29. The summed E-state index contributed by atoms with van der Waals surface area (Å²) in [6, 6.07) is 0. The molecule has 0 spiro atoms. The second kappa shape index (κ2) is 5.63. The number of aldehydes is 1. The number of ketones is 1. The van der Waals surface area contributed by atoms with Gasteiger partial charge in [-0.25, -0.2) is 4.79 Å². The Balaban J connectivity index is 4.32. The summed E-state index contributed by atoms with van der Waals surface area (Å²) < 4.78 is 0. The first-order valence-corrected chi connectivity index (χ1v) is 3.59. The normalized spacial score (nSPS) is 10.7. The number of carbonyl (C=O) groups is 4. The van der Waals surface area contributed by atoms with Crippen molar-refractivity contribution in [3.8, 4) is 0 Å². The SMILES string of the molecule is O=CC(=CCC(=O)C(=O)O)CC(=O)O. The summed E-state index contributed by atoms with van der Waals surface area (Å²) in [7, 11) is 0. The number of carboxylic acid groups (broad SMARTS) is 2. The molecule has 0 aliphatic rings. The van der Waals surface area contributed by atoms with Crippen molar-refractivity contribution in [2.24, 2.45) is 0 Å². The molecule has 0 rings (SSSR count). The zero-order valence-electron chi connectivity index (χ0n) is 7.10. The van der Waals surface area contributed by atoms with Crippen molar-refractivity contribution in [1.82, 2.24) is 0 Å². The first-order valence-electron chi connectivity index (χ1n) is 3.59. The highest BCUT2D eigenvalue weighted by molar-refractivity contribution is 6.33. The molecule has 6 nitrogen and oxygen atoms in total. The fourth-order valence-electron chi connectivity index (χ4n) is 0.648. The van der Waals surface area contributed by atoms with Crippen LogP contribution in [0.5, 0.6) is 0 Å². The van der Waals surface area contributed by atoms with Gasteiger partial charge in [0, 0.05) is 6.42 Å². The molecule has 0 radical (unpaired) electrons. The highest BCUT2D eigenvalue weighted by Gasteiger charge is 2.10. The van der Waals surface area contributed by atoms with Crippen LogP contribution in [-0.2, 0) is 19.2 Å². The van der Waals surface area contributed by atoms with Gasteiger partial charge in [-0.1, -0.05) is 6.08 Å². The smallest absolute Gasteiger partial charge is 0.372 e. The zero-order valence-corrected chi connectivity index (χ0v) is 7.10. The van der Waals surface area contributed by atoms with Gasteiger partial charge in [-0.2, -0.15) is 0 Å².